The molecule has 0 saturated heterocycles. The summed E-state index contributed by atoms with van der Waals surface area (Å²) in [5.74, 6) is 0. The summed E-state index contributed by atoms with van der Waals surface area (Å²) < 4.78 is 0. The molecule has 0 N–H and O–H groups in total. The van der Waals surface area contributed by atoms with E-state index in [-0.39, 0.29) is 43.3 Å². The van der Waals surface area contributed by atoms with Gasteiger partial charge in [0.25, 0.3) is 0 Å². The molecule has 2 heteroatoms. The van der Waals surface area contributed by atoms with Gasteiger partial charge < -0.3 is 19.8 Å². The number of hydrogen-bond donors (Lipinski definition) is 0. The molecule has 2 rings (SSSR count). The van der Waals surface area contributed by atoms with Gasteiger partial charge in [0.15, 0.2) is 0 Å². The third-order valence-electron chi connectivity index (χ3n) is 1.97. The van der Waals surface area contributed by atoms with Crippen molar-refractivity contribution in [1.29, 1.82) is 0 Å². The molecule has 0 amide bonds. The van der Waals surface area contributed by atoms with Crippen molar-refractivity contribution in [3.05, 3.63) is 69.1 Å². The van der Waals surface area contributed by atoms with Crippen LogP contribution < -0.4 is 0 Å². The molecule has 1 aromatic carbocycles. The van der Waals surface area contributed by atoms with Gasteiger partial charge in [-0.25, -0.2) is 0 Å². The number of pyridine rings is 1. The first-order valence-electron chi connectivity index (χ1n) is 6.26. The molecule has 0 spiro atoms. The topological polar surface area (TPSA) is 12.9 Å². The van der Waals surface area contributed by atoms with Gasteiger partial charge in [-0.1, -0.05) is 46.8 Å². The van der Waals surface area contributed by atoms with E-state index in [0.29, 0.717) is 0 Å². The number of aryl methyl sites for hydroxylation is 1. The summed E-state index contributed by atoms with van der Waals surface area (Å²) in [5, 5.41) is 0. The molecule has 1 nitrogen and oxygen atoms in total. The van der Waals surface area contributed by atoms with Crippen molar-refractivity contribution in [2.75, 3.05) is 0 Å². The van der Waals surface area contributed by atoms with Gasteiger partial charge in [0.05, 0.1) is 0 Å². The van der Waals surface area contributed by atoms with Crippen LogP contribution in [-0.2, 0) is 21.1 Å². The van der Waals surface area contributed by atoms with E-state index < -0.39 is 0 Å². The fourth-order valence-electron chi connectivity index (χ4n) is 1.31. The molecule has 0 aliphatic carbocycles. The van der Waals surface area contributed by atoms with E-state index in [2.05, 4.69) is 24.0 Å². The predicted octanol–water partition coefficient (Wildman–Crippen LogP) is 6.44. The van der Waals surface area contributed by atoms with E-state index in [4.69, 9.17) is 0 Å². The summed E-state index contributed by atoms with van der Waals surface area (Å²) in [6, 6.07) is 15.1. The standard InChI is InChI=1S/C12H10N.2C2H6.CH4.2CH3.Pt/c1-10-6-5-9-13-12(10)11-7-3-2-4-8-11;2*1-2;;;;/h2-7,9H,1H3;2*1-2H3;1H4;2*1H3;/q-1;;;;2*-1;. The van der Waals surface area contributed by atoms with Crippen LogP contribution in [0.4, 0.5) is 0 Å². The maximum atomic E-state index is 4.32. The normalized spacial score (nSPS) is 6.71. The Morgan fingerprint density at radius 3 is 1.90 bits per heavy atom. The fraction of sp³-hybridized carbons (Fsp3) is 0.316. The molecule has 0 atom stereocenters. The van der Waals surface area contributed by atoms with Crippen LogP contribution in [0.1, 0.15) is 40.7 Å². The zero-order chi connectivity index (χ0) is 13.1. The Morgan fingerprint density at radius 2 is 1.48 bits per heavy atom. The first-order valence-corrected chi connectivity index (χ1v) is 6.26. The van der Waals surface area contributed by atoms with Crippen LogP contribution in [0.2, 0.25) is 0 Å². The smallest absolute Gasteiger partial charge is 0.0160 e. The zero-order valence-electron chi connectivity index (χ0n) is 13.8. The van der Waals surface area contributed by atoms with Crippen molar-refractivity contribution in [1.82, 2.24) is 4.98 Å². The second-order valence-electron chi connectivity index (χ2n) is 2.95. The Balaban J connectivity index is -0.0000000989. The molecule has 1 heterocycles. The molecular weight excluding hydrogens is 437 g/mol. The molecule has 0 unspecified atom stereocenters. The molecule has 0 bridgehead atoms. The van der Waals surface area contributed by atoms with Crippen molar-refractivity contribution >= 4 is 0 Å². The van der Waals surface area contributed by atoms with Gasteiger partial charge >= 0.3 is 0 Å². The van der Waals surface area contributed by atoms with Gasteiger partial charge in [-0.3, -0.25) is 0 Å². The Kier molecular flexibility index (Phi) is 32.7. The minimum atomic E-state index is 0. The van der Waals surface area contributed by atoms with E-state index in [1.54, 1.807) is 0 Å². The van der Waals surface area contributed by atoms with Crippen molar-refractivity contribution in [2.24, 2.45) is 0 Å². The second kappa shape index (κ2) is 21.4. The third-order valence-corrected chi connectivity index (χ3v) is 1.97. The first kappa shape index (κ1) is 32.1. The van der Waals surface area contributed by atoms with Crippen molar-refractivity contribution in [2.45, 2.75) is 42.0 Å². The Hall–Kier alpha value is -0.942. The van der Waals surface area contributed by atoms with Crippen LogP contribution in [0, 0.1) is 27.8 Å². The summed E-state index contributed by atoms with van der Waals surface area (Å²) >= 11 is 0. The Morgan fingerprint density at radius 1 is 0.905 bits per heavy atom. The maximum absolute atomic E-state index is 4.32. The minimum absolute atomic E-state index is 0. The van der Waals surface area contributed by atoms with Crippen LogP contribution in [0.15, 0.2) is 42.6 Å². The molecule has 126 valence electrons. The summed E-state index contributed by atoms with van der Waals surface area (Å²) in [4.78, 5) is 4.32. The summed E-state index contributed by atoms with van der Waals surface area (Å²) in [6.45, 7) is 10.1. The van der Waals surface area contributed by atoms with E-state index in [9.17, 15) is 0 Å². The molecule has 0 fully saturated rings. The van der Waals surface area contributed by atoms with Gasteiger partial charge in [0.2, 0.25) is 0 Å². The molecule has 0 radical (unpaired) electrons. The molecule has 21 heavy (non-hydrogen) atoms. The summed E-state index contributed by atoms with van der Waals surface area (Å²) in [6.07, 6.45) is 1.81. The van der Waals surface area contributed by atoms with E-state index in [0.717, 1.165) is 11.3 Å². The average Bonchev–Trinajstić information content (AvgIpc) is 2.45. The molecule has 0 aliphatic rings. The molecule has 2 aromatic rings. The van der Waals surface area contributed by atoms with E-state index in [1.165, 1.54) is 5.56 Å². The number of aromatic nitrogens is 1. The monoisotopic (exact) mass is 469 g/mol. The maximum Gasteiger partial charge on any atom is 0.0160 e. The number of hydrogen-bond acceptors (Lipinski definition) is 1. The largest absolute Gasteiger partial charge is 0.358 e. The predicted molar refractivity (Wildman–Crippen MR) is 95.5 cm³/mol. The van der Waals surface area contributed by atoms with Crippen molar-refractivity contribution in [3.8, 4) is 11.3 Å². The molecule has 1 aromatic heterocycles. The van der Waals surface area contributed by atoms with Gasteiger partial charge in [-0.05, 0) is 18.7 Å². The molecule has 0 aliphatic heterocycles. The third kappa shape index (κ3) is 11.4. The van der Waals surface area contributed by atoms with E-state index >= 15 is 0 Å². The Bertz CT molecular complexity index is 399. The van der Waals surface area contributed by atoms with Crippen LogP contribution in [0.5, 0.6) is 0 Å². The molecular formula is C19H32NPt-3. The van der Waals surface area contributed by atoms with Crippen molar-refractivity contribution in [3.63, 3.8) is 0 Å². The van der Waals surface area contributed by atoms with Gasteiger partial charge in [-0.2, -0.15) is 0 Å². The number of nitrogens with zero attached hydrogens (tertiary/aromatic N) is 1. The quantitative estimate of drug-likeness (QED) is 0.438. The summed E-state index contributed by atoms with van der Waals surface area (Å²) in [5.41, 5.74) is 3.26. The van der Waals surface area contributed by atoms with Gasteiger partial charge in [0, 0.05) is 27.3 Å². The number of rotatable bonds is 1. The van der Waals surface area contributed by atoms with Crippen LogP contribution in [0.25, 0.3) is 11.3 Å². The zero-order valence-corrected chi connectivity index (χ0v) is 16.1. The van der Waals surface area contributed by atoms with E-state index in [1.807, 2.05) is 64.2 Å². The molecule has 0 saturated carbocycles. The van der Waals surface area contributed by atoms with Crippen LogP contribution in [0.3, 0.4) is 0 Å². The van der Waals surface area contributed by atoms with Crippen LogP contribution >= 0.6 is 0 Å². The van der Waals surface area contributed by atoms with Crippen molar-refractivity contribution < 1.29 is 21.1 Å². The first-order chi connectivity index (χ1) is 8.38. The average molecular weight is 470 g/mol. The second-order valence-corrected chi connectivity index (χ2v) is 2.95. The SMILES string of the molecule is C.CC.CC.Cc1cccnc1-c1[c-]cccc1.[CH3-].[CH3-].[Pt]. The minimum Gasteiger partial charge on any atom is -0.358 e. The Labute approximate surface area is 148 Å². The van der Waals surface area contributed by atoms with Gasteiger partial charge in [-0.15, -0.1) is 35.9 Å². The fourth-order valence-corrected chi connectivity index (χ4v) is 1.31. The van der Waals surface area contributed by atoms with Gasteiger partial charge in [0.1, 0.15) is 0 Å². The summed E-state index contributed by atoms with van der Waals surface area (Å²) in [7, 11) is 0. The van der Waals surface area contributed by atoms with Crippen LogP contribution in [-0.4, -0.2) is 4.98 Å². The number of benzene rings is 1.